The van der Waals surface area contributed by atoms with Crippen molar-refractivity contribution in [3.8, 4) is 0 Å². The molecule has 2 aromatic rings. The minimum atomic E-state index is 0.229. The maximum Gasteiger partial charge on any atom is 0.0146 e. The van der Waals surface area contributed by atoms with E-state index in [1.54, 1.807) is 0 Å². The third kappa shape index (κ3) is 1.90. The molecule has 2 heterocycles. The Balaban J connectivity index is 1.64. The minimum absolute atomic E-state index is 0.229. The zero-order valence-electron chi connectivity index (χ0n) is 11.5. The van der Waals surface area contributed by atoms with Crippen molar-refractivity contribution in [3.63, 3.8) is 0 Å². The van der Waals surface area contributed by atoms with Gasteiger partial charge in [0.2, 0.25) is 0 Å². The van der Waals surface area contributed by atoms with Gasteiger partial charge in [0, 0.05) is 15.3 Å². The third-order valence-electron chi connectivity index (χ3n) is 3.84. The molecule has 1 atom stereocenters. The van der Waals surface area contributed by atoms with E-state index in [0.717, 1.165) is 6.42 Å². The van der Waals surface area contributed by atoms with Crippen LogP contribution in [0.2, 0.25) is 0 Å². The van der Waals surface area contributed by atoms with Gasteiger partial charge in [0.05, 0.1) is 0 Å². The van der Waals surface area contributed by atoms with E-state index in [4.69, 9.17) is 0 Å². The number of aryl methyl sites for hydroxylation is 1. The summed E-state index contributed by atoms with van der Waals surface area (Å²) in [6.45, 7) is 2.16. The molecule has 0 bridgehead atoms. The van der Waals surface area contributed by atoms with Gasteiger partial charge >= 0.3 is 0 Å². The monoisotopic (exact) mass is 276 g/mol. The Morgan fingerprint density at radius 3 is 2.75 bits per heavy atom. The summed E-state index contributed by atoms with van der Waals surface area (Å²) in [5.74, 6) is 0. The molecule has 0 amide bonds. The van der Waals surface area contributed by atoms with Gasteiger partial charge in [-0.15, -0.1) is 10.5 Å². The normalized spacial score (nSPS) is 18.9. The SMILES string of the molecule is Cc1cccc(CC2=CS3=C(C=C2)c2ccccc23)c1. The number of hydrogen-bond acceptors (Lipinski definition) is 0. The summed E-state index contributed by atoms with van der Waals surface area (Å²) in [5, 5.41) is 2.46. The van der Waals surface area contributed by atoms with Crippen LogP contribution in [0.3, 0.4) is 0 Å². The number of benzene rings is 2. The molecular formula is C19H16S. The van der Waals surface area contributed by atoms with E-state index in [1.807, 2.05) is 0 Å². The first-order valence-corrected chi connectivity index (χ1v) is 8.24. The second-order valence-corrected chi connectivity index (χ2v) is 7.18. The maximum atomic E-state index is 2.46. The van der Waals surface area contributed by atoms with Crippen molar-refractivity contribution in [2.24, 2.45) is 0 Å². The summed E-state index contributed by atoms with van der Waals surface area (Å²) in [6.07, 6.45) is 5.64. The van der Waals surface area contributed by atoms with Gasteiger partial charge in [-0.1, -0.05) is 54.1 Å². The van der Waals surface area contributed by atoms with Crippen LogP contribution in [0.5, 0.6) is 0 Å². The lowest BCUT2D eigenvalue weighted by Gasteiger charge is -2.28. The van der Waals surface area contributed by atoms with Gasteiger partial charge in [-0.25, -0.2) is 0 Å². The van der Waals surface area contributed by atoms with Crippen LogP contribution in [0.4, 0.5) is 0 Å². The van der Waals surface area contributed by atoms with Crippen molar-refractivity contribution in [1.82, 2.24) is 0 Å². The Hall–Kier alpha value is -1.86. The van der Waals surface area contributed by atoms with E-state index in [9.17, 15) is 0 Å². The van der Waals surface area contributed by atoms with Gasteiger partial charge in [0.1, 0.15) is 0 Å². The minimum Gasteiger partial charge on any atom is -0.122 e. The average molecular weight is 276 g/mol. The summed E-state index contributed by atoms with van der Waals surface area (Å²) in [6, 6.07) is 17.6. The fraction of sp³-hybridized carbons (Fsp3) is 0.105. The molecule has 0 aliphatic carbocycles. The van der Waals surface area contributed by atoms with Crippen LogP contribution in [0.1, 0.15) is 16.7 Å². The predicted octanol–water partition coefficient (Wildman–Crippen LogP) is 4.85. The van der Waals surface area contributed by atoms with Gasteiger partial charge in [0.25, 0.3) is 0 Å². The Morgan fingerprint density at radius 1 is 0.950 bits per heavy atom. The molecule has 2 aromatic carbocycles. The molecule has 0 saturated carbocycles. The highest BCUT2D eigenvalue weighted by Gasteiger charge is 2.23. The zero-order chi connectivity index (χ0) is 13.5. The Labute approximate surface area is 122 Å². The Kier molecular flexibility index (Phi) is 2.75. The third-order valence-corrected chi connectivity index (χ3v) is 6.03. The largest absolute Gasteiger partial charge is 0.122 e. The first-order valence-electron chi connectivity index (χ1n) is 6.95. The molecule has 0 radical (unpaired) electrons. The molecule has 0 nitrogen and oxygen atoms in total. The highest BCUT2D eigenvalue weighted by molar-refractivity contribution is 8.20. The standard InChI is InChI=1S/C19H16S/c1-14-5-4-6-15(11-14)12-16-9-10-19-17-7-2-3-8-18(17)20(19)13-16/h2-11,13H,12H2,1H3. The number of hydrogen-bond donors (Lipinski definition) is 0. The average Bonchev–Trinajstić information content (AvgIpc) is 2.45. The van der Waals surface area contributed by atoms with Crippen LogP contribution in [-0.4, -0.2) is 4.86 Å². The van der Waals surface area contributed by atoms with Crippen molar-refractivity contribution in [3.05, 3.63) is 88.4 Å². The van der Waals surface area contributed by atoms with Gasteiger partial charge in [0.15, 0.2) is 0 Å². The summed E-state index contributed by atoms with van der Waals surface area (Å²) in [5.41, 5.74) is 5.63. The highest BCUT2D eigenvalue weighted by Crippen LogP contribution is 2.46. The van der Waals surface area contributed by atoms with Crippen molar-refractivity contribution in [1.29, 1.82) is 0 Å². The first kappa shape index (κ1) is 11.9. The molecule has 98 valence electrons. The lowest BCUT2D eigenvalue weighted by molar-refractivity contribution is 1.19. The number of fused-ring (bicyclic) bond motifs is 3. The molecule has 0 saturated heterocycles. The summed E-state index contributed by atoms with van der Waals surface area (Å²) >= 11 is 0. The Bertz CT molecular complexity index is 791. The van der Waals surface area contributed by atoms with E-state index < -0.39 is 0 Å². The summed E-state index contributed by atoms with van der Waals surface area (Å²) < 4.78 is 0. The van der Waals surface area contributed by atoms with Crippen molar-refractivity contribution in [2.75, 3.05) is 0 Å². The fourth-order valence-corrected chi connectivity index (χ4v) is 4.95. The molecule has 0 N–H and O–H groups in total. The van der Waals surface area contributed by atoms with Crippen molar-refractivity contribution in [2.45, 2.75) is 18.2 Å². The quantitative estimate of drug-likeness (QED) is 0.688. The van der Waals surface area contributed by atoms with E-state index >= 15 is 0 Å². The van der Waals surface area contributed by atoms with E-state index in [-0.39, 0.29) is 10.5 Å². The molecule has 20 heavy (non-hydrogen) atoms. The van der Waals surface area contributed by atoms with E-state index in [0.29, 0.717) is 0 Å². The molecule has 0 aromatic heterocycles. The second-order valence-electron chi connectivity index (χ2n) is 5.39. The summed E-state index contributed by atoms with van der Waals surface area (Å²) in [4.78, 5) is 3.02. The van der Waals surface area contributed by atoms with Crippen LogP contribution >= 0.6 is 10.5 Å². The van der Waals surface area contributed by atoms with Gasteiger partial charge in [-0.2, -0.15) is 0 Å². The van der Waals surface area contributed by atoms with Crippen LogP contribution in [-0.2, 0) is 6.42 Å². The van der Waals surface area contributed by atoms with Gasteiger partial charge < -0.3 is 0 Å². The molecule has 2 aliphatic rings. The lowest BCUT2D eigenvalue weighted by atomic mass is 10.0. The first-order chi connectivity index (χ1) is 9.81. The fourth-order valence-electron chi connectivity index (χ4n) is 2.87. The van der Waals surface area contributed by atoms with Crippen LogP contribution in [0.25, 0.3) is 0 Å². The topological polar surface area (TPSA) is 0 Å². The Morgan fingerprint density at radius 2 is 1.85 bits per heavy atom. The number of rotatable bonds is 2. The van der Waals surface area contributed by atoms with Gasteiger partial charge in [-0.3, -0.25) is 0 Å². The maximum absolute atomic E-state index is 2.46. The van der Waals surface area contributed by atoms with E-state index in [2.05, 4.69) is 73.0 Å². The molecular weight excluding hydrogens is 260 g/mol. The van der Waals surface area contributed by atoms with Gasteiger partial charge in [-0.05, 0) is 42.0 Å². The molecule has 1 heteroatoms. The predicted molar refractivity (Wildman–Crippen MR) is 88.5 cm³/mol. The second kappa shape index (κ2) is 4.60. The van der Waals surface area contributed by atoms with Crippen LogP contribution in [0, 0.1) is 6.92 Å². The molecule has 0 spiro atoms. The van der Waals surface area contributed by atoms with E-state index in [1.165, 1.54) is 32.0 Å². The zero-order valence-corrected chi connectivity index (χ0v) is 12.3. The summed E-state index contributed by atoms with van der Waals surface area (Å²) in [7, 11) is 0.229. The van der Waals surface area contributed by atoms with Crippen LogP contribution < -0.4 is 0 Å². The highest BCUT2D eigenvalue weighted by atomic mass is 32.2. The number of allylic oxidation sites excluding steroid dienone is 3. The molecule has 2 aliphatic heterocycles. The lowest BCUT2D eigenvalue weighted by Crippen LogP contribution is -2.12. The molecule has 1 unspecified atom stereocenters. The molecule has 0 fully saturated rings. The van der Waals surface area contributed by atoms with Crippen molar-refractivity contribution < 1.29 is 0 Å². The van der Waals surface area contributed by atoms with Crippen LogP contribution in [0.15, 0.2) is 76.6 Å². The molecule has 4 rings (SSSR count). The smallest absolute Gasteiger partial charge is 0.0146 e. The van der Waals surface area contributed by atoms with Crippen molar-refractivity contribution >= 4 is 15.3 Å².